The molecule has 1 aromatic rings. The molecule has 1 aromatic carbocycles. The molecule has 0 bridgehead atoms. The van der Waals surface area contributed by atoms with E-state index in [1.165, 1.54) is 17.5 Å². The third kappa shape index (κ3) is 6.81. The van der Waals surface area contributed by atoms with E-state index in [4.69, 9.17) is 9.47 Å². The van der Waals surface area contributed by atoms with Gasteiger partial charge in [0, 0.05) is 38.3 Å². The lowest BCUT2D eigenvalue weighted by Gasteiger charge is -2.59. The normalized spacial score (nSPS) is 27.0. The lowest BCUT2D eigenvalue weighted by molar-refractivity contribution is -0.167. The van der Waals surface area contributed by atoms with Crippen molar-refractivity contribution in [1.29, 1.82) is 0 Å². The minimum absolute atomic E-state index is 0.0958. The van der Waals surface area contributed by atoms with Crippen LogP contribution in [0.1, 0.15) is 62.5 Å². The van der Waals surface area contributed by atoms with Crippen molar-refractivity contribution in [3.8, 4) is 5.75 Å². The third-order valence-corrected chi connectivity index (χ3v) is 8.95. The van der Waals surface area contributed by atoms with E-state index in [1.54, 1.807) is 7.11 Å². The molecule has 3 fully saturated rings. The number of likely N-dealkylation sites (tertiary alicyclic amines) is 1. The molecule has 4 atom stereocenters. The Labute approximate surface area is 222 Å². The molecule has 1 aliphatic carbocycles. The SMILES string of the molecule is C=NC(=C)NC(=O)C(CCc1cc(OC)ccc1C)CCC1(O)CCCC2CN(CC3CCOCC3)C21. The molecular formula is C30H45N3O4. The summed E-state index contributed by atoms with van der Waals surface area (Å²) in [5.74, 6) is 1.96. The number of aryl methyl sites for hydroxylation is 2. The third-order valence-electron chi connectivity index (χ3n) is 8.95. The quantitative estimate of drug-likeness (QED) is 0.410. The summed E-state index contributed by atoms with van der Waals surface area (Å²) in [6, 6.07) is 6.28. The summed E-state index contributed by atoms with van der Waals surface area (Å²) in [6.07, 6.45) is 7.98. The van der Waals surface area contributed by atoms with Crippen molar-refractivity contribution in [3.63, 3.8) is 0 Å². The Hall–Kier alpha value is -2.22. The van der Waals surface area contributed by atoms with Gasteiger partial charge in [-0.2, -0.15) is 0 Å². The van der Waals surface area contributed by atoms with E-state index in [1.807, 2.05) is 6.07 Å². The van der Waals surface area contributed by atoms with Gasteiger partial charge in [-0.15, -0.1) is 0 Å². The molecule has 0 aromatic heterocycles. The van der Waals surface area contributed by atoms with Crippen LogP contribution in [0.15, 0.2) is 35.6 Å². The van der Waals surface area contributed by atoms with Gasteiger partial charge in [-0.3, -0.25) is 9.69 Å². The van der Waals surface area contributed by atoms with Crippen molar-refractivity contribution in [3.05, 3.63) is 41.7 Å². The second-order valence-corrected chi connectivity index (χ2v) is 11.4. The highest BCUT2D eigenvalue weighted by Gasteiger charge is 2.53. The van der Waals surface area contributed by atoms with Crippen LogP contribution in [-0.2, 0) is 16.0 Å². The van der Waals surface area contributed by atoms with Gasteiger partial charge >= 0.3 is 0 Å². The average Bonchev–Trinajstić information content (AvgIpc) is 2.88. The maximum absolute atomic E-state index is 13.2. The highest BCUT2D eigenvalue weighted by molar-refractivity contribution is 5.80. The van der Waals surface area contributed by atoms with Gasteiger partial charge in [0.25, 0.3) is 0 Å². The first-order valence-corrected chi connectivity index (χ1v) is 14.0. The molecule has 37 heavy (non-hydrogen) atoms. The number of aliphatic imine (C=N–C) groups is 1. The van der Waals surface area contributed by atoms with Crippen molar-refractivity contribution in [1.82, 2.24) is 10.2 Å². The summed E-state index contributed by atoms with van der Waals surface area (Å²) >= 11 is 0. The standard InChI is InChI=1S/C30H45N3O4/c1-21-7-10-27(36-4)18-25(21)9-8-24(29(34)32-22(2)31-3)11-15-30(35)14-5-6-26-20-33(28(26)30)19-23-12-16-37-17-13-23/h7,10,18,23-24,26,28,35H,2-3,5-6,8-9,11-17,19-20H2,1,4H3,(H,32,34). The Morgan fingerprint density at radius 2 is 2.11 bits per heavy atom. The molecule has 1 amide bonds. The maximum atomic E-state index is 13.2. The van der Waals surface area contributed by atoms with Crippen molar-refractivity contribution >= 4 is 12.6 Å². The van der Waals surface area contributed by atoms with Gasteiger partial charge in [0.15, 0.2) is 0 Å². The van der Waals surface area contributed by atoms with Gasteiger partial charge in [0.2, 0.25) is 5.91 Å². The maximum Gasteiger partial charge on any atom is 0.228 e. The summed E-state index contributed by atoms with van der Waals surface area (Å²) in [6.45, 7) is 13.2. The Kier molecular flexibility index (Phi) is 9.43. The fourth-order valence-electron chi connectivity index (χ4n) is 6.73. The van der Waals surface area contributed by atoms with E-state index in [9.17, 15) is 9.90 Å². The van der Waals surface area contributed by atoms with Gasteiger partial charge in [-0.1, -0.05) is 19.1 Å². The number of methoxy groups -OCH3 is 1. The van der Waals surface area contributed by atoms with E-state index in [2.05, 4.69) is 47.6 Å². The molecule has 2 heterocycles. The van der Waals surface area contributed by atoms with Crippen LogP contribution in [0.5, 0.6) is 5.75 Å². The monoisotopic (exact) mass is 511 g/mol. The Morgan fingerprint density at radius 3 is 2.84 bits per heavy atom. The first kappa shape index (κ1) is 27.8. The van der Waals surface area contributed by atoms with Crippen LogP contribution in [0.4, 0.5) is 0 Å². The van der Waals surface area contributed by atoms with Crippen LogP contribution in [0.25, 0.3) is 0 Å². The molecule has 7 heteroatoms. The highest BCUT2D eigenvalue weighted by atomic mass is 16.5. The van der Waals surface area contributed by atoms with Crippen LogP contribution in [-0.4, -0.2) is 67.7 Å². The summed E-state index contributed by atoms with van der Waals surface area (Å²) in [5.41, 5.74) is 1.62. The number of benzene rings is 1. The predicted octanol–water partition coefficient (Wildman–Crippen LogP) is 4.26. The van der Waals surface area contributed by atoms with Crippen LogP contribution < -0.4 is 10.1 Å². The molecular weight excluding hydrogens is 466 g/mol. The van der Waals surface area contributed by atoms with Crippen molar-refractivity contribution in [2.75, 3.05) is 33.4 Å². The zero-order valence-electron chi connectivity index (χ0n) is 22.7. The fourth-order valence-corrected chi connectivity index (χ4v) is 6.73. The van der Waals surface area contributed by atoms with Crippen LogP contribution in [0.2, 0.25) is 0 Å². The Bertz CT molecular complexity index is 960. The van der Waals surface area contributed by atoms with E-state index in [-0.39, 0.29) is 23.7 Å². The summed E-state index contributed by atoms with van der Waals surface area (Å²) in [4.78, 5) is 19.5. The van der Waals surface area contributed by atoms with E-state index < -0.39 is 5.60 Å². The van der Waals surface area contributed by atoms with Crippen LogP contribution in [0, 0.1) is 24.7 Å². The number of ether oxygens (including phenoxy) is 2. The number of nitrogens with one attached hydrogen (secondary N) is 1. The number of amides is 1. The summed E-state index contributed by atoms with van der Waals surface area (Å²) in [5, 5.41) is 14.8. The zero-order valence-corrected chi connectivity index (χ0v) is 22.7. The number of hydrogen-bond acceptors (Lipinski definition) is 6. The number of rotatable bonds is 12. The minimum Gasteiger partial charge on any atom is -0.497 e. The van der Waals surface area contributed by atoms with E-state index in [0.717, 1.165) is 64.2 Å². The van der Waals surface area contributed by atoms with Gasteiger partial charge in [0.1, 0.15) is 11.6 Å². The van der Waals surface area contributed by atoms with Crippen LogP contribution in [0.3, 0.4) is 0 Å². The van der Waals surface area contributed by atoms with Gasteiger partial charge in [0.05, 0.1) is 12.7 Å². The van der Waals surface area contributed by atoms with E-state index in [0.29, 0.717) is 31.1 Å². The molecule has 4 rings (SSSR count). The lowest BCUT2D eigenvalue weighted by atomic mass is 9.65. The predicted molar refractivity (Wildman–Crippen MR) is 147 cm³/mol. The Balaban J connectivity index is 1.43. The number of carbonyl (C=O) groups is 1. The average molecular weight is 512 g/mol. The number of fused-ring (bicyclic) bond motifs is 1. The first-order valence-electron chi connectivity index (χ1n) is 14.0. The molecule has 0 radical (unpaired) electrons. The smallest absolute Gasteiger partial charge is 0.228 e. The second kappa shape index (κ2) is 12.5. The largest absolute Gasteiger partial charge is 0.497 e. The second-order valence-electron chi connectivity index (χ2n) is 11.4. The minimum atomic E-state index is -0.746. The molecule has 4 unspecified atom stereocenters. The van der Waals surface area contributed by atoms with Gasteiger partial charge in [-0.05, 0) is 100 Å². The molecule has 7 nitrogen and oxygen atoms in total. The van der Waals surface area contributed by atoms with Gasteiger partial charge < -0.3 is 19.9 Å². The number of hydrogen-bond donors (Lipinski definition) is 2. The van der Waals surface area contributed by atoms with Gasteiger partial charge in [-0.25, -0.2) is 4.99 Å². The molecule has 2 saturated heterocycles. The Morgan fingerprint density at radius 1 is 1.32 bits per heavy atom. The van der Waals surface area contributed by atoms with Crippen molar-refractivity contribution < 1.29 is 19.4 Å². The zero-order chi connectivity index (χ0) is 26.4. The number of aliphatic hydroxyl groups is 1. The molecule has 1 saturated carbocycles. The van der Waals surface area contributed by atoms with Crippen molar-refractivity contribution in [2.24, 2.45) is 22.7 Å². The topological polar surface area (TPSA) is 83.4 Å². The molecule has 2 N–H and O–H groups in total. The lowest BCUT2D eigenvalue weighted by Crippen LogP contribution is -2.69. The molecule has 3 aliphatic rings. The summed E-state index contributed by atoms with van der Waals surface area (Å²) in [7, 11) is 1.67. The van der Waals surface area contributed by atoms with Crippen molar-refractivity contribution in [2.45, 2.75) is 76.4 Å². The van der Waals surface area contributed by atoms with E-state index >= 15 is 0 Å². The fraction of sp³-hybridized carbons (Fsp3) is 0.667. The highest BCUT2D eigenvalue weighted by Crippen LogP contribution is 2.46. The number of carbonyl (C=O) groups excluding carboxylic acids is 1. The molecule has 0 spiro atoms. The summed E-state index contributed by atoms with van der Waals surface area (Å²) < 4.78 is 11.0. The first-order chi connectivity index (χ1) is 17.8. The molecule has 204 valence electrons. The number of nitrogens with zero attached hydrogens (tertiary/aromatic N) is 2. The van der Waals surface area contributed by atoms with Crippen LogP contribution >= 0.6 is 0 Å². The molecule has 2 aliphatic heterocycles.